The van der Waals surface area contributed by atoms with E-state index in [1.54, 1.807) is 11.8 Å². The molecule has 0 aliphatic heterocycles. The Kier molecular flexibility index (Phi) is 5.91. The highest BCUT2D eigenvalue weighted by Crippen LogP contribution is 2.33. The third-order valence-corrected chi connectivity index (χ3v) is 5.01. The van der Waals surface area contributed by atoms with Gasteiger partial charge in [0.15, 0.2) is 0 Å². The van der Waals surface area contributed by atoms with Crippen molar-refractivity contribution >= 4 is 23.4 Å². The largest absolute Gasteiger partial charge is 0.395 e. The Balaban J connectivity index is 1.65. The van der Waals surface area contributed by atoms with Crippen molar-refractivity contribution in [3.63, 3.8) is 0 Å². The number of hydrogen-bond acceptors (Lipinski definition) is 4. The van der Waals surface area contributed by atoms with Crippen LogP contribution < -0.4 is 5.32 Å². The van der Waals surface area contributed by atoms with Gasteiger partial charge in [0.2, 0.25) is 5.91 Å². The van der Waals surface area contributed by atoms with Crippen LogP contribution in [0.25, 0.3) is 0 Å². The minimum Gasteiger partial charge on any atom is -0.395 e. The summed E-state index contributed by atoms with van der Waals surface area (Å²) in [6.45, 7) is 0.971. The van der Waals surface area contributed by atoms with Gasteiger partial charge in [-0.05, 0) is 37.1 Å². The molecular weight excluding hydrogens is 320 g/mol. The monoisotopic (exact) mass is 342 g/mol. The zero-order chi connectivity index (χ0) is 16.8. The SMILES string of the molecule is O=C(CN(CCO)C1CC1)Nc1ccccc1Sc1ccccc1. The Morgan fingerprint density at radius 3 is 2.54 bits per heavy atom. The Hall–Kier alpha value is -1.82. The molecule has 0 atom stereocenters. The Morgan fingerprint density at radius 2 is 1.83 bits per heavy atom. The summed E-state index contributed by atoms with van der Waals surface area (Å²) in [6, 6.07) is 18.4. The smallest absolute Gasteiger partial charge is 0.238 e. The van der Waals surface area contributed by atoms with E-state index in [2.05, 4.69) is 22.3 Å². The molecule has 0 radical (unpaired) electrons. The molecule has 1 fully saturated rings. The summed E-state index contributed by atoms with van der Waals surface area (Å²) >= 11 is 1.64. The van der Waals surface area contributed by atoms with Crippen molar-refractivity contribution in [3.8, 4) is 0 Å². The highest BCUT2D eigenvalue weighted by Gasteiger charge is 2.29. The summed E-state index contributed by atoms with van der Waals surface area (Å²) in [7, 11) is 0. The van der Waals surface area contributed by atoms with Crippen molar-refractivity contribution in [2.24, 2.45) is 0 Å². The maximum atomic E-state index is 12.4. The molecule has 2 aromatic carbocycles. The second kappa shape index (κ2) is 8.33. The molecule has 3 rings (SSSR count). The van der Waals surface area contributed by atoms with Crippen LogP contribution in [-0.4, -0.2) is 41.7 Å². The predicted molar refractivity (Wildman–Crippen MR) is 97.3 cm³/mol. The highest BCUT2D eigenvalue weighted by atomic mass is 32.2. The van der Waals surface area contributed by atoms with Crippen molar-refractivity contribution < 1.29 is 9.90 Å². The summed E-state index contributed by atoms with van der Waals surface area (Å²) in [5.74, 6) is -0.0311. The van der Waals surface area contributed by atoms with Crippen molar-refractivity contribution in [1.82, 2.24) is 4.90 Å². The average molecular weight is 342 g/mol. The van der Waals surface area contributed by atoms with Crippen LogP contribution in [0.2, 0.25) is 0 Å². The van der Waals surface area contributed by atoms with E-state index in [1.165, 1.54) is 0 Å². The van der Waals surface area contributed by atoms with E-state index in [9.17, 15) is 4.79 Å². The van der Waals surface area contributed by atoms with Crippen LogP contribution in [0.15, 0.2) is 64.4 Å². The first kappa shape index (κ1) is 17.0. The van der Waals surface area contributed by atoms with Gasteiger partial charge >= 0.3 is 0 Å². The molecule has 0 spiro atoms. The van der Waals surface area contributed by atoms with E-state index < -0.39 is 0 Å². The first-order valence-corrected chi connectivity index (χ1v) is 9.04. The lowest BCUT2D eigenvalue weighted by Gasteiger charge is -2.20. The number of rotatable bonds is 8. The minimum absolute atomic E-state index is 0.0311. The van der Waals surface area contributed by atoms with Gasteiger partial charge in [-0.1, -0.05) is 42.1 Å². The molecule has 0 saturated heterocycles. The van der Waals surface area contributed by atoms with E-state index in [0.29, 0.717) is 19.1 Å². The fraction of sp³-hybridized carbons (Fsp3) is 0.316. The molecule has 1 aliphatic carbocycles. The molecule has 1 saturated carbocycles. The number of para-hydroxylation sites is 1. The molecule has 0 unspecified atom stereocenters. The van der Waals surface area contributed by atoms with Gasteiger partial charge in [-0.25, -0.2) is 0 Å². The second-order valence-corrected chi connectivity index (χ2v) is 7.00. The van der Waals surface area contributed by atoms with Crippen LogP contribution in [0.1, 0.15) is 12.8 Å². The number of aliphatic hydroxyl groups excluding tert-OH is 1. The van der Waals surface area contributed by atoms with E-state index in [4.69, 9.17) is 5.11 Å². The number of carbonyl (C=O) groups is 1. The summed E-state index contributed by atoms with van der Waals surface area (Å²) in [4.78, 5) is 16.6. The summed E-state index contributed by atoms with van der Waals surface area (Å²) in [6.07, 6.45) is 2.24. The van der Waals surface area contributed by atoms with E-state index >= 15 is 0 Å². The van der Waals surface area contributed by atoms with Gasteiger partial charge in [0.05, 0.1) is 18.8 Å². The molecule has 0 heterocycles. The van der Waals surface area contributed by atoms with Crippen LogP contribution in [0.5, 0.6) is 0 Å². The van der Waals surface area contributed by atoms with Gasteiger partial charge < -0.3 is 10.4 Å². The van der Waals surface area contributed by atoms with Crippen LogP contribution in [0.3, 0.4) is 0 Å². The fourth-order valence-electron chi connectivity index (χ4n) is 2.61. The summed E-state index contributed by atoms with van der Waals surface area (Å²) in [5.41, 5.74) is 0.830. The van der Waals surface area contributed by atoms with Gasteiger partial charge in [0.25, 0.3) is 0 Å². The molecule has 1 amide bonds. The Labute approximate surface area is 146 Å². The van der Waals surface area contributed by atoms with E-state index in [1.807, 2.05) is 42.5 Å². The molecule has 2 N–H and O–H groups in total. The second-order valence-electron chi connectivity index (χ2n) is 5.88. The van der Waals surface area contributed by atoms with E-state index in [-0.39, 0.29) is 12.5 Å². The molecule has 2 aromatic rings. The number of anilines is 1. The molecule has 24 heavy (non-hydrogen) atoms. The fourth-order valence-corrected chi connectivity index (χ4v) is 3.53. The predicted octanol–water partition coefficient (Wildman–Crippen LogP) is 3.23. The topological polar surface area (TPSA) is 52.6 Å². The lowest BCUT2D eigenvalue weighted by atomic mass is 10.3. The average Bonchev–Trinajstić information content (AvgIpc) is 3.42. The maximum absolute atomic E-state index is 12.4. The van der Waals surface area contributed by atoms with Crippen LogP contribution in [0, 0.1) is 0 Å². The van der Waals surface area contributed by atoms with E-state index in [0.717, 1.165) is 28.3 Å². The number of nitrogens with zero attached hydrogens (tertiary/aromatic N) is 1. The van der Waals surface area contributed by atoms with Crippen LogP contribution in [-0.2, 0) is 4.79 Å². The van der Waals surface area contributed by atoms with Crippen LogP contribution in [0.4, 0.5) is 5.69 Å². The van der Waals surface area contributed by atoms with Gasteiger partial charge in [-0.15, -0.1) is 0 Å². The standard InChI is InChI=1S/C19H22N2O2S/c22-13-12-21(15-10-11-15)14-19(23)20-17-8-4-5-9-18(17)24-16-6-2-1-3-7-16/h1-9,15,22H,10-14H2,(H,20,23). The Morgan fingerprint density at radius 1 is 1.12 bits per heavy atom. The third-order valence-electron chi connectivity index (χ3n) is 3.93. The van der Waals surface area contributed by atoms with Crippen molar-refractivity contribution in [1.29, 1.82) is 0 Å². The lowest BCUT2D eigenvalue weighted by molar-refractivity contribution is -0.117. The molecule has 0 aromatic heterocycles. The maximum Gasteiger partial charge on any atom is 0.238 e. The van der Waals surface area contributed by atoms with Crippen molar-refractivity contribution in [2.75, 3.05) is 25.0 Å². The molecule has 1 aliphatic rings. The Bertz CT molecular complexity index is 674. The zero-order valence-electron chi connectivity index (χ0n) is 13.5. The molecule has 126 valence electrons. The molecular formula is C19H22N2O2S. The third kappa shape index (κ3) is 4.84. The first-order chi connectivity index (χ1) is 11.8. The molecule has 5 heteroatoms. The van der Waals surface area contributed by atoms with Gasteiger partial charge in [-0.3, -0.25) is 9.69 Å². The zero-order valence-corrected chi connectivity index (χ0v) is 14.3. The number of aliphatic hydroxyl groups is 1. The quantitative estimate of drug-likeness (QED) is 0.773. The van der Waals surface area contributed by atoms with Crippen LogP contribution >= 0.6 is 11.8 Å². The highest BCUT2D eigenvalue weighted by molar-refractivity contribution is 7.99. The van der Waals surface area contributed by atoms with Gasteiger partial charge in [0, 0.05) is 22.4 Å². The van der Waals surface area contributed by atoms with Gasteiger partial charge in [0.1, 0.15) is 0 Å². The number of amides is 1. The summed E-state index contributed by atoms with van der Waals surface area (Å²) < 4.78 is 0. The molecule has 4 nitrogen and oxygen atoms in total. The lowest BCUT2D eigenvalue weighted by Crippen LogP contribution is -2.36. The normalized spacial score (nSPS) is 13.9. The van der Waals surface area contributed by atoms with Crippen molar-refractivity contribution in [3.05, 3.63) is 54.6 Å². The number of hydrogen-bond donors (Lipinski definition) is 2. The van der Waals surface area contributed by atoms with Crippen molar-refractivity contribution in [2.45, 2.75) is 28.7 Å². The first-order valence-electron chi connectivity index (χ1n) is 8.23. The number of nitrogens with one attached hydrogen (secondary N) is 1. The molecule has 0 bridgehead atoms. The summed E-state index contributed by atoms with van der Waals surface area (Å²) in [5, 5.41) is 12.2. The number of carbonyl (C=O) groups excluding carboxylic acids is 1. The number of benzene rings is 2. The van der Waals surface area contributed by atoms with Gasteiger partial charge in [-0.2, -0.15) is 0 Å². The minimum atomic E-state index is -0.0311.